The Morgan fingerprint density at radius 3 is 2.89 bits per heavy atom. The average Bonchev–Trinajstić information content (AvgIpc) is 2.40. The quantitative estimate of drug-likeness (QED) is 0.860. The minimum Gasteiger partial charge on any atom is -0.366 e. The molecule has 1 aliphatic rings. The maximum absolute atomic E-state index is 11.4. The number of hydrogen-bond acceptors (Lipinski definition) is 3. The van der Waals surface area contributed by atoms with Gasteiger partial charge in [0.2, 0.25) is 5.91 Å². The topological polar surface area (TPSA) is 58.4 Å². The molecular formula is C15H23N3O. The second-order valence-electron chi connectivity index (χ2n) is 5.45. The van der Waals surface area contributed by atoms with E-state index in [4.69, 9.17) is 5.73 Å². The molecule has 0 aromatic heterocycles. The number of hydrogen-bond donors (Lipinski definition) is 2. The first-order valence-electron chi connectivity index (χ1n) is 6.89. The second kappa shape index (κ2) is 6.17. The molecule has 104 valence electrons. The number of rotatable bonds is 4. The van der Waals surface area contributed by atoms with Gasteiger partial charge in [0.15, 0.2) is 0 Å². The third-order valence-electron chi connectivity index (χ3n) is 4.07. The van der Waals surface area contributed by atoms with Crippen LogP contribution in [0.1, 0.15) is 35.7 Å². The highest BCUT2D eigenvalue weighted by atomic mass is 16.1. The van der Waals surface area contributed by atoms with Crippen molar-refractivity contribution < 1.29 is 4.79 Å². The molecule has 0 aliphatic carbocycles. The Morgan fingerprint density at radius 1 is 1.47 bits per heavy atom. The first kappa shape index (κ1) is 14.0. The van der Waals surface area contributed by atoms with Crippen molar-refractivity contribution in [3.8, 4) is 0 Å². The summed E-state index contributed by atoms with van der Waals surface area (Å²) in [5.41, 5.74) is 7.00. The van der Waals surface area contributed by atoms with Gasteiger partial charge in [0.25, 0.3) is 0 Å². The minimum atomic E-state index is -0.353. The fraction of sp³-hybridized carbons (Fsp3) is 0.533. The molecule has 0 bridgehead atoms. The monoisotopic (exact) mass is 261 g/mol. The summed E-state index contributed by atoms with van der Waals surface area (Å²) in [7, 11) is 2.17. The summed E-state index contributed by atoms with van der Waals surface area (Å²) in [5.74, 6) is -0.353. The summed E-state index contributed by atoms with van der Waals surface area (Å²) in [6, 6.07) is 8.68. The molecule has 1 saturated heterocycles. The van der Waals surface area contributed by atoms with E-state index in [0.717, 1.165) is 24.9 Å². The molecule has 4 heteroatoms. The van der Waals surface area contributed by atoms with E-state index in [1.807, 2.05) is 18.2 Å². The predicted molar refractivity (Wildman–Crippen MR) is 76.9 cm³/mol. The van der Waals surface area contributed by atoms with Crippen molar-refractivity contribution in [3.05, 3.63) is 35.4 Å². The highest BCUT2D eigenvalue weighted by Crippen LogP contribution is 2.16. The van der Waals surface area contributed by atoms with Crippen molar-refractivity contribution in [3.63, 3.8) is 0 Å². The van der Waals surface area contributed by atoms with Gasteiger partial charge in [-0.2, -0.15) is 0 Å². The van der Waals surface area contributed by atoms with Gasteiger partial charge in [-0.15, -0.1) is 0 Å². The Hall–Kier alpha value is -1.39. The molecule has 2 unspecified atom stereocenters. The Balaban J connectivity index is 1.94. The van der Waals surface area contributed by atoms with Crippen LogP contribution in [0.2, 0.25) is 0 Å². The molecule has 1 heterocycles. The van der Waals surface area contributed by atoms with E-state index in [1.165, 1.54) is 0 Å². The lowest BCUT2D eigenvalue weighted by Gasteiger charge is -2.35. The van der Waals surface area contributed by atoms with Crippen LogP contribution in [0.5, 0.6) is 0 Å². The van der Waals surface area contributed by atoms with Gasteiger partial charge in [0.05, 0.1) is 0 Å². The summed E-state index contributed by atoms with van der Waals surface area (Å²) < 4.78 is 0. The SMILES string of the molecule is CC1CC(NCc2ccccc2C(N)=O)CCN1C. The number of carbonyl (C=O) groups is 1. The zero-order valence-corrected chi connectivity index (χ0v) is 11.7. The molecule has 3 N–H and O–H groups in total. The highest BCUT2D eigenvalue weighted by molar-refractivity contribution is 5.94. The number of nitrogens with two attached hydrogens (primary N) is 1. The van der Waals surface area contributed by atoms with Crippen LogP contribution in [-0.4, -0.2) is 36.5 Å². The largest absolute Gasteiger partial charge is 0.366 e. The van der Waals surface area contributed by atoms with E-state index < -0.39 is 0 Å². The first-order valence-corrected chi connectivity index (χ1v) is 6.89. The maximum Gasteiger partial charge on any atom is 0.249 e. The molecule has 1 amide bonds. The third kappa shape index (κ3) is 3.55. The fourth-order valence-electron chi connectivity index (χ4n) is 2.64. The number of carbonyl (C=O) groups excluding carboxylic acids is 1. The van der Waals surface area contributed by atoms with Crippen LogP contribution in [0.3, 0.4) is 0 Å². The fourth-order valence-corrected chi connectivity index (χ4v) is 2.64. The molecular weight excluding hydrogens is 238 g/mol. The number of piperidine rings is 1. The summed E-state index contributed by atoms with van der Waals surface area (Å²) >= 11 is 0. The molecule has 1 aromatic rings. The van der Waals surface area contributed by atoms with Gasteiger partial charge in [-0.05, 0) is 45.0 Å². The van der Waals surface area contributed by atoms with Crippen molar-refractivity contribution in [1.82, 2.24) is 10.2 Å². The van der Waals surface area contributed by atoms with Crippen molar-refractivity contribution in [2.24, 2.45) is 5.73 Å². The molecule has 4 nitrogen and oxygen atoms in total. The predicted octanol–water partition coefficient (Wildman–Crippen LogP) is 1.36. The zero-order chi connectivity index (χ0) is 13.8. The third-order valence-corrected chi connectivity index (χ3v) is 4.07. The summed E-state index contributed by atoms with van der Waals surface area (Å²) in [5, 5.41) is 3.55. The number of primary amides is 1. The lowest BCUT2D eigenvalue weighted by Crippen LogP contribution is -2.45. The van der Waals surface area contributed by atoms with Gasteiger partial charge >= 0.3 is 0 Å². The van der Waals surface area contributed by atoms with E-state index in [2.05, 4.69) is 24.2 Å². The van der Waals surface area contributed by atoms with Crippen LogP contribution in [0.4, 0.5) is 0 Å². The van der Waals surface area contributed by atoms with E-state index in [1.54, 1.807) is 6.07 Å². The molecule has 0 saturated carbocycles. The zero-order valence-electron chi connectivity index (χ0n) is 11.7. The van der Waals surface area contributed by atoms with Crippen LogP contribution in [0, 0.1) is 0 Å². The van der Waals surface area contributed by atoms with Crippen molar-refractivity contribution in [2.75, 3.05) is 13.6 Å². The molecule has 1 fully saturated rings. The van der Waals surface area contributed by atoms with Gasteiger partial charge in [-0.1, -0.05) is 18.2 Å². The normalized spacial score (nSPS) is 24.3. The Morgan fingerprint density at radius 2 is 2.21 bits per heavy atom. The molecule has 19 heavy (non-hydrogen) atoms. The maximum atomic E-state index is 11.4. The molecule has 1 aromatic carbocycles. The minimum absolute atomic E-state index is 0.353. The Bertz CT molecular complexity index is 447. The summed E-state index contributed by atoms with van der Waals surface area (Å²) in [6.45, 7) is 4.09. The van der Waals surface area contributed by atoms with Crippen LogP contribution in [0.25, 0.3) is 0 Å². The van der Waals surface area contributed by atoms with Gasteiger partial charge < -0.3 is 16.0 Å². The number of nitrogens with one attached hydrogen (secondary N) is 1. The smallest absolute Gasteiger partial charge is 0.249 e. The Kier molecular flexibility index (Phi) is 4.56. The van der Waals surface area contributed by atoms with E-state index >= 15 is 0 Å². The van der Waals surface area contributed by atoms with Crippen molar-refractivity contribution in [1.29, 1.82) is 0 Å². The van der Waals surface area contributed by atoms with Crippen LogP contribution < -0.4 is 11.1 Å². The molecule has 2 rings (SSSR count). The van der Waals surface area contributed by atoms with Crippen LogP contribution in [0.15, 0.2) is 24.3 Å². The Labute approximate surface area is 115 Å². The highest BCUT2D eigenvalue weighted by Gasteiger charge is 2.22. The number of benzene rings is 1. The molecule has 1 aliphatic heterocycles. The second-order valence-corrected chi connectivity index (χ2v) is 5.45. The molecule has 0 radical (unpaired) electrons. The lowest BCUT2D eigenvalue weighted by atomic mass is 9.98. The van der Waals surface area contributed by atoms with Crippen molar-refractivity contribution >= 4 is 5.91 Å². The lowest BCUT2D eigenvalue weighted by molar-refractivity contribution is 0.0999. The van der Waals surface area contributed by atoms with Crippen LogP contribution >= 0.6 is 0 Å². The van der Waals surface area contributed by atoms with E-state index in [9.17, 15) is 4.79 Å². The first-order chi connectivity index (χ1) is 9.08. The number of amides is 1. The van der Waals surface area contributed by atoms with Crippen molar-refractivity contribution in [2.45, 2.75) is 38.4 Å². The van der Waals surface area contributed by atoms with E-state index in [0.29, 0.717) is 24.2 Å². The standard InChI is InChI=1S/C15H23N3O/c1-11-9-13(7-8-18(11)2)17-10-12-5-3-4-6-14(12)15(16)19/h3-6,11,13,17H,7-10H2,1-2H3,(H2,16,19). The number of nitrogens with zero attached hydrogens (tertiary/aromatic N) is 1. The van der Waals surface area contributed by atoms with Gasteiger partial charge in [0, 0.05) is 24.2 Å². The van der Waals surface area contributed by atoms with Gasteiger partial charge in [-0.25, -0.2) is 0 Å². The van der Waals surface area contributed by atoms with Crippen LogP contribution in [-0.2, 0) is 6.54 Å². The van der Waals surface area contributed by atoms with E-state index in [-0.39, 0.29) is 5.91 Å². The summed E-state index contributed by atoms with van der Waals surface area (Å²) in [4.78, 5) is 13.7. The van der Waals surface area contributed by atoms with Gasteiger partial charge in [-0.3, -0.25) is 4.79 Å². The average molecular weight is 261 g/mol. The van der Waals surface area contributed by atoms with Gasteiger partial charge in [0.1, 0.15) is 0 Å². The molecule has 2 atom stereocenters. The number of likely N-dealkylation sites (tertiary alicyclic amines) is 1. The summed E-state index contributed by atoms with van der Waals surface area (Å²) in [6.07, 6.45) is 2.30. The molecule has 0 spiro atoms.